The van der Waals surface area contributed by atoms with Crippen molar-refractivity contribution in [1.82, 2.24) is 14.8 Å². The molecule has 0 saturated carbocycles. The van der Waals surface area contributed by atoms with E-state index in [1.165, 1.54) is 7.11 Å². The Bertz CT molecular complexity index is 651. The van der Waals surface area contributed by atoms with Crippen LogP contribution in [0.25, 0.3) is 0 Å². The van der Waals surface area contributed by atoms with Crippen LogP contribution < -0.4 is 0 Å². The summed E-state index contributed by atoms with van der Waals surface area (Å²) in [5.74, 6) is -0.519. The third-order valence-electron chi connectivity index (χ3n) is 5.72. The first-order valence-electron chi connectivity index (χ1n) is 9.03. The van der Waals surface area contributed by atoms with Gasteiger partial charge in [-0.2, -0.15) is 0 Å². The number of rotatable bonds is 4. The SMILES string of the molecule is CCN1C(=O)CC(C(=O)OC)C12CCN(Cc1cccc(C)n1)CC2. The quantitative estimate of drug-likeness (QED) is 0.778. The van der Waals surface area contributed by atoms with Crippen LogP contribution in [0.4, 0.5) is 0 Å². The molecule has 0 aliphatic carbocycles. The molecule has 0 bridgehead atoms. The molecule has 6 heteroatoms. The Labute approximate surface area is 149 Å². The monoisotopic (exact) mass is 345 g/mol. The molecule has 1 amide bonds. The fourth-order valence-corrected chi connectivity index (χ4v) is 4.48. The van der Waals surface area contributed by atoms with Crippen molar-refractivity contribution in [3.05, 3.63) is 29.6 Å². The van der Waals surface area contributed by atoms with Gasteiger partial charge in [-0.3, -0.25) is 19.5 Å². The number of hydrogen-bond acceptors (Lipinski definition) is 5. The number of aromatic nitrogens is 1. The maximum Gasteiger partial charge on any atom is 0.311 e. The lowest BCUT2D eigenvalue weighted by molar-refractivity contribution is -0.150. The van der Waals surface area contributed by atoms with Crippen molar-refractivity contribution in [2.75, 3.05) is 26.7 Å². The molecular formula is C19H27N3O3. The van der Waals surface area contributed by atoms with E-state index in [1.807, 2.05) is 36.9 Å². The van der Waals surface area contributed by atoms with Gasteiger partial charge in [0.2, 0.25) is 5.91 Å². The summed E-state index contributed by atoms with van der Waals surface area (Å²) in [5, 5.41) is 0. The minimum atomic E-state index is -0.380. The minimum absolute atomic E-state index is 0.0756. The number of likely N-dealkylation sites (tertiary alicyclic amines) is 2. The minimum Gasteiger partial charge on any atom is -0.469 e. The number of aryl methyl sites for hydroxylation is 1. The second-order valence-electron chi connectivity index (χ2n) is 7.07. The van der Waals surface area contributed by atoms with Gasteiger partial charge >= 0.3 is 5.97 Å². The lowest BCUT2D eigenvalue weighted by Crippen LogP contribution is -2.57. The molecule has 0 radical (unpaired) electrons. The average molecular weight is 345 g/mol. The third kappa shape index (κ3) is 3.27. The Kier molecular flexibility index (Phi) is 5.08. The fraction of sp³-hybridized carbons (Fsp3) is 0.632. The van der Waals surface area contributed by atoms with E-state index in [2.05, 4.69) is 9.88 Å². The number of carbonyl (C=O) groups excluding carboxylic acids is 2. The van der Waals surface area contributed by atoms with Crippen molar-refractivity contribution >= 4 is 11.9 Å². The maximum atomic E-state index is 12.4. The highest BCUT2D eigenvalue weighted by Gasteiger charge is 2.56. The summed E-state index contributed by atoms with van der Waals surface area (Å²) in [4.78, 5) is 33.5. The Morgan fingerprint density at radius 3 is 2.68 bits per heavy atom. The number of esters is 1. The van der Waals surface area contributed by atoms with Crippen LogP contribution in [0.5, 0.6) is 0 Å². The van der Waals surface area contributed by atoms with E-state index >= 15 is 0 Å². The third-order valence-corrected chi connectivity index (χ3v) is 5.72. The molecule has 1 aromatic heterocycles. The van der Waals surface area contributed by atoms with Crippen LogP contribution in [-0.4, -0.2) is 58.9 Å². The van der Waals surface area contributed by atoms with Crippen LogP contribution in [0.15, 0.2) is 18.2 Å². The van der Waals surface area contributed by atoms with E-state index < -0.39 is 0 Å². The second kappa shape index (κ2) is 7.12. The van der Waals surface area contributed by atoms with Crippen LogP contribution >= 0.6 is 0 Å². The number of hydrogen-bond donors (Lipinski definition) is 0. The van der Waals surface area contributed by atoms with Gasteiger partial charge in [0.15, 0.2) is 0 Å². The van der Waals surface area contributed by atoms with E-state index in [4.69, 9.17) is 4.74 Å². The topological polar surface area (TPSA) is 62.7 Å². The summed E-state index contributed by atoms with van der Waals surface area (Å²) in [6.45, 7) is 7.15. The number of nitrogens with zero attached hydrogens (tertiary/aromatic N) is 3. The molecule has 2 aliphatic heterocycles. The molecule has 0 N–H and O–H groups in total. The van der Waals surface area contributed by atoms with E-state index in [1.54, 1.807) is 0 Å². The molecule has 6 nitrogen and oxygen atoms in total. The lowest BCUT2D eigenvalue weighted by atomic mass is 9.76. The van der Waals surface area contributed by atoms with Crippen LogP contribution in [-0.2, 0) is 20.9 Å². The molecule has 1 unspecified atom stereocenters. The van der Waals surface area contributed by atoms with Gasteiger partial charge in [0.1, 0.15) is 0 Å². The molecule has 2 fully saturated rings. The van der Waals surface area contributed by atoms with Gasteiger partial charge in [0.25, 0.3) is 0 Å². The van der Waals surface area contributed by atoms with E-state index in [0.29, 0.717) is 6.54 Å². The van der Waals surface area contributed by atoms with Crippen molar-refractivity contribution in [2.45, 2.75) is 45.2 Å². The first-order chi connectivity index (χ1) is 12.0. The Balaban J connectivity index is 1.73. The normalized spacial score (nSPS) is 23.2. The van der Waals surface area contributed by atoms with Crippen molar-refractivity contribution in [3.8, 4) is 0 Å². The number of methoxy groups -OCH3 is 1. The summed E-state index contributed by atoms with van der Waals surface area (Å²) < 4.78 is 5.00. The number of ether oxygens (including phenoxy) is 1. The maximum absolute atomic E-state index is 12.4. The first kappa shape index (κ1) is 17.9. The standard InChI is InChI=1S/C19H27N3O3/c1-4-22-17(23)12-16(18(24)25-3)19(22)8-10-21(11-9-19)13-15-7-5-6-14(2)20-15/h5-7,16H,4,8-13H2,1-3H3. The predicted molar refractivity (Wildman–Crippen MR) is 93.7 cm³/mol. The van der Waals surface area contributed by atoms with Crippen molar-refractivity contribution in [1.29, 1.82) is 0 Å². The Morgan fingerprint density at radius 1 is 1.36 bits per heavy atom. The van der Waals surface area contributed by atoms with Gasteiger partial charge in [-0.25, -0.2) is 0 Å². The molecule has 136 valence electrons. The van der Waals surface area contributed by atoms with E-state index in [9.17, 15) is 9.59 Å². The van der Waals surface area contributed by atoms with Crippen molar-refractivity contribution < 1.29 is 14.3 Å². The highest BCUT2D eigenvalue weighted by Crippen LogP contribution is 2.44. The predicted octanol–water partition coefficient (Wildman–Crippen LogP) is 1.77. The smallest absolute Gasteiger partial charge is 0.311 e. The van der Waals surface area contributed by atoms with Crippen LogP contribution in [0.2, 0.25) is 0 Å². The van der Waals surface area contributed by atoms with Crippen molar-refractivity contribution in [2.24, 2.45) is 5.92 Å². The van der Waals surface area contributed by atoms with Gasteiger partial charge < -0.3 is 9.64 Å². The van der Waals surface area contributed by atoms with Crippen molar-refractivity contribution in [3.63, 3.8) is 0 Å². The number of carbonyl (C=O) groups is 2. The molecule has 2 saturated heterocycles. The van der Waals surface area contributed by atoms with E-state index in [0.717, 1.165) is 43.9 Å². The summed E-state index contributed by atoms with van der Waals surface area (Å²) in [6.07, 6.45) is 1.89. The fourth-order valence-electron chi connectivity index (χ4n) is 4.48. The summed E-state index contributed by atoms with van der Waals surface area (Å²) in [5.41, 5.74) is 1.71. The molecule has 25 heavy (non-hydrogen) atoms. The lowest BCUT2D eigenvalue weighted by Gasteiger charge is -2.46. The van der Waals surface area contributed by atoms with Crippen LogP contribution in [0.3, 0.4) is 0 Å². The van der Waals surface area contributed by atoms with Crippen LogP contribution in [0.1, 0.15) is 37.6 Å². The highest BCUT2D eigenvalue weighted by molar-refractivity contribution is 5.89. The van der Waals surface area contributed by atoms with Gasteiger partial charge in [-0.15, -0.1) is 0 Å². The van der Waals surface area contributed by atoms with Gasteiger partial charge in [0, 0.05) is 38.3 Å². The van der Waals surface area contributed by atoms with Gasteiger partial charge in [0.05, 0.1) is 24.3 Å². The molecule has 2 aliphatic rings. The number of piperidine rings is 1. The molecule has 3 rings (SSSR count). The number of pyridine rings is 1. The second-order valence-corrected chi connectivity index (χ2v) is 7.07. The number of amides is 1. The Hall–Kier alpha value is -1.95. The Morgan fingerprint density at radius 2 is 2.08 bits per heavy atom. The largest absolute Gasteiger partial charge is 0.469 e. The summed E-state index contributed by atoms with van der Waals surface area (Å²) in [7, 11) is 1.41. The van der Waals surface area contributed by atoms with Crippen LogP contribution in [0, 0.1) is 12.8 Å². The molecule has 0 aromatic carbocycles. The summed E-state index contributed by atoms with van der Waals surface area (Å²) in [6, 6.07) is 6.08. The van der Waals surface area contributed by atoms with Gasteiger partial charge in [-0.05, 0) is 38.8 Å². The molecule has 1 atom stereocenters. The zero-order chi connectivity index (χ0) is 18.0. The highest BCUT2D eigenvalue weighted by atomic mass is 16.5. The molecular weight excluding hydrogens is 318 g/mol. The first-order valence-corrected chi connectivity index (χ1v) is 9.03. The summed E-state index contributed by atoms with van der Waals surface area (Å²) >= 11 is 0. The molecule has 1 aromatic rings. The zero-order valence-electron chi connectivity index (χ0n) is 15.3. The molecule has 1 spiro atoms. The molecule has 3 heterocycles. The average Bonchev–Trinajstić information content (AvgIpc) is 2.88. The van der Waals surface area contributed by atoms with Gasteiger partial charge in [-0.1, -0.05) is 6.07 Å². The van der Waals surface area contributed by atoms with E-state index in [-0.39, 0.29) is 29.8 Å². The zero-order valence-corrected chi connectivity index (χ0v) is 15.3.